The summed E-state index contributed by atoms with van der Waals surface area (Å²) in [5.41, 5.74) is 0. The number of hydrogen-bond donors (Lipinski definition) is 0. The summed E-state index contributed by atoms with van der Waals surface area (Å²) >= 11 is 0. The molecule has 2 atom stereocenters. The summed E-state index contributed by atoms with van der Waals surface area (Å²) in [5.74, 6) is 0.856. The normalized spacial score (nSPS) is 35.3. The third kappa shape index (κ3) is 1.68. The third-order valence-corrected chi connectivity index (χ3v) is 2.20. The fraction of sp³-hybridized carbons (Fsp3) is 1.00. The van der Waals surface area contributed by atoms with Crippen molar-refractivity contribution >= 4 is 0 Å². The Kier molecular flexibility index (Phi) is 2.52. The number of ether oxygens (including phenoxy) is 1. The van der Waals surface area contributed by atoms with Crippen LogP contribution in [0.3, 0.4) is 0 Å². The fourth-order valence-electron chi connectivity index (χ4n) is 1.35. The molecule has 0 saturated carbocycles. The van der Waals surface area contributed by atoms with Crippen LogP contribution < -0.4 is 0 Å². The molecule has 0 aliphatic carbocycles. The maximum absolute atomic E-state index is 5.51. The predicted molar refractivity (Wildman–Crippen MR) is 38.4 cm³/mol. The molecule has 54 valence electrons. The van der Waals surface area contributed by atoms with E-state index in [1.807, 2.05) is 0 Å². The van der Waals surface area contributed by atoms with Gasteiger partial charge in [0.1, 0.15) is 0 Å². The Morgan fingerprint density at radius 2 is 2.11 bits per heavy atom. The van der Waals surface area contributed by atoms with Gasteiger partial charge >= 0.3 is 0 Å². The summed E-state index contributed by atoms with van der Waals surface area (Å²) in [6, 6.07) is 0. The van der Waals surface area contributed by atoms with Crippen molar-refractivity contribution in [2.45, 2.75) is 39.2 Å². The zero-order valence-electron chi connectivity index (χ0n) is 6.39. The Bertz CT molecular complexity index is 70.6. The van der Waals surface area contributed by atoms with Gasteiger partial charge in [-0.1, -0.05) is 20.3 Å². The van der Waals surface area contributed by atoms with E-state index in [1.165, 1.54) is 19.3 Å². The molecule has 1 unspecified atom stereocenters. The standard InChI is InChI=1S/C8H16O/c1-3-7-5-8(4-2)9-6-7/h7-8H,3-6H2,1-2H3/t7?,8-/m1/s1. The Morgan fingerprint density at radius 3 is 2.44 bits per heavy atom. The largest absolute Gasteiger partial charge is 0.378 e. The molecular weight excluding hydrogens is 112 g/mol. The van der Waals surface area contributed by atoms with Gasteiger partial charge in [0.15, 0.2) is 0 Å². The monoisotopic (exact) mass is 128 g/mol. The van der Waals surface area contributed by atoms with Crippen molar-refractivity contribution < 1.29 is 4.74 Å². The second-order valence-corrected chi connectivity index (χ2v) is 2.87. The van der Waals surface area contributed by atoms with Gasteiger partial charge in [-0.2, -0.15) is 0 Å². The van der Waals surface area contributed by atoms with E-state index in [2.05, 4.69) is 13.8 Å². The zero-order chi connectivity index (χ0) is 6.69. The van der Waals surface area contributed by atoms with Gasteiger partial charge in [-0.05, 0) is 18.8 Å². The van der Waals surface area contributed by atoms with E-state index in [0.717, 1.165) is 12.5 Å². The lowest BCUT2D eigenvalue weighted by molar-refractivity contribution is 0.104. The molecular formula is C8H16O. The summed E-state index contributed by atoms with van der Waals surface area (Å²) < 4.78 is 5.51. The van der Waals surface area contributed by atoms with Crippen LogP contribution in [0.1, 0.15) is 33.1 Å². The highest BCUT2D eigenvalue weighted by Crippen LogP contribution is 2.23. The highest BCUT2D eigenvalue weighted by atomic mass is 16.5. The first-order valence-electron chi connectivity index (χ1n) is 3.98. The lowest BCUT2D eigenvalue weighted by Crippen LogP contribution is -2.01. The molecule has 0 N–H and O–H groups in total. The maximum Gasteiger partial charge on any atom is 0.0576 e. The van der Waals surface area contributed by atoms with Gasteiger partial charge < -0.3 is 4.74 Å². The van der Waals surface area contributed by atoms with Crippen LogP contribution >= 0.6 is 0 Å². The van der Waals surface area contributed by atoms with E-state index in [-0.39, 0.29) is 0 Å². The minimum absolute atomic E-state index is 0.579. The van der Waals surface area contributed by atoms with Crippen molar-refractivity contribution in [1.29, 1.82) is 0 Å². The predicted octanol–water partition coefficient (Wildman–Crippen LogP) is 2.21. The van der Waals surface area contributed by atoms with E-state index >= 15 is 0 Å². The average molecular weight is 128 g/mol. The highest BCUT2D eigenvalue weighted by Gasteiger charge is 2.21. The van der Waals surface area contributed by atoms with Crippen molar-refractivity contribution in [3.63, 3.8) is 0 Å². The lowest BCUT2D eigenvalue weighted by Gasteiger charge is -2.02. The fourth-order valence-corrected chi connectivity index (χ4v) is 1.35. The summed E-state index contributed by atoms with van der Waals surface area (Å²) in [4.78, 5) is 0. The van der Waals surface area contributed by atoms with Crippen molar-refractivity contribution in [2.24, 2.45) is 5.92 Å². The second kappa shape index (κ2) is 3.21. The van der Waals surface area contributed by atoms with Crippen molar-refractivity contribution in [3.05, 3.63) is 0 Å². The average Bonchev–Trinajstić information content (AvgIpc) is 2.34. The van der Waals surface area contributed by atoms with Crippen molar-refractivity contribution in [1.82, 2.24) is 0 Å². The van der Waals surface area contributed by atoms with Gasteiger partial charge in [-0.15, -0.1) is 0 Å². The van der Waals surface area contributed by atoms with E-state index in [4.69, 9.17) is 4.74 Å². The Hall–Kier alpha value is -0.0400. The molecule has 1 rings (SSSR count). The maximum atomic E-state index is 5.51. The minimum Gasteiger partial charge on any atom is -0.378 e. The van der Waals surface area contributed by atoms with E-state index < -0.39 is 0 Å². The van der Waals surface area contributed by atoms with Crippen LogP contribution in [0.4, 0.5) is 0 Å². The van der Waals surface area contributed by atoms with E-state index in [0.29, 0.717) is 6.10 Å². The molecule has 1 nitrogen and oxygen atoms in total. The molecule has 9 heavy (non-hydrogen) atoms. The van der Waals surface area contributed by atoms with Crippen molar-refractivity contribution in [3.8, 4) is 0 Å². The van der Waals surface area contributed by atoms with Crippen LogP contribution in [0.2, 0.25) is 0 Å². The molecule has 1 saturated heterocycles. The van der Waals surface area contributed by atoms with E-state index in [1.54, 1.807) is 0 Å². The number of rotatable bonds is 2. The molecule has 1 aliphatic heterocycles. The molecule has 0 amide bonds. The molecule has 0 bridgehead atoms. The summed E-state index contributed by atoms with van der Waals surface area (Å²) in [5, 5.41) is 0. The van der Waals surface area contributed by atoms with E-state index in [9.17, 15) is 0 Å². The van der Waals surface area contributed by atoms with Crippen LogP contribution in [0, 0.1) is 5.92 Å². The van der Waals surface area contributed by atoms with Gasteiger partial charge in [-0.3, -0.25) is 0 Å². The minimum atomic E-state index is 0.579. The van der Waals surface area contributed by atoms with Crippen LogP contribution in [-0.4, -0.2) is 12.7 Å². The molecule has 0 spiro atoms. The number of hydrogen-bond acceptors (Lipinski definition) is 1. The first-order chi connectivity index (χ1) is 4.36. The van der Waals surface area contributed by atoms with Gasteiger partial charge in [0.05, 0.1) is 6.10 Å². The van der Waals surface area contributed by atoms with Gasteiger partial charge in [0.25, 0.3) is 0 Å². The molecule has 1 fully saturated rings. The Balaban J connectivity index is 2.20. The first-order valence-corrected chi connectivity index (χ1v) is 3.98. The highest BCUT2D eigenvalue weighted by molar-refractivity contribution is 4.70. The summed E-state index contributed by atoms with van der Waals surface area (Å²) in [6.07, 6.45) is 4.36. The Morgan fingerprint density at radius 1 is 1.33 bits per heavy atom. The van der Waals surface area contributed by atoms with Crippen LogP contribution in [0.25, 0.3) is 0 Å². The Labute approximate surface area is 57.4 Å². The van der Waals surface area contributed by atoms with Crippen LogP contribution in [0.15, 0.2) is 0 Å². The molecule has 0 aromatic rings. The van der Waals surface area contributed by atoms with Gasteiger partial charge in [0.2, 0.25) is 0 Å². The molecule has 1 heteroatoms. The topological polar surface area (TPSA) is 9.23 Å². The molecule has 1 aliphatic rings. The second-order valence-electron chi connectivity index (χ2n) is 2.87. The lowest BCUT2D eigenvalue weighted by atomic mass is 10.0. The summed E-state index contributed by atoms with van der Waals surface area (Å²) in [7, 11) is 0. The molecule has 0 aromatic carbocycles. The van der Waals surface area contributed by atoms with Crippen LogP contribution in [0.5, 0.6) is 0 Å². The third-order valence-electron chi connectivity index (χ3n) is 2.20. The quantitative estimate of drug-likeness (QED) is 0.554. The first kappa shape index (κ1) is 7.07. The smallest absolute Gasteiger partial charge is 0.0576 e. The zero-order valence-corrected chi connectivity index (χ0v) is 6.39. The van der Waals surface area contributed by atoms with Gasteiger partial charge in [0, 0.05) is 6.61 Å². The molecule has 0 radical (unpaired) electrons. The van der Waals surface area contributed by atoms with Crippen LogP contribution in [-0.2, 0) is 4.74 Å². The summed E-state index contributed by atoms with van der Waals surface area (Å²) in [6.45, 7) is 5.45. The van der Waals surface area contributed by atoms with Crippen molar-refractivity contribution in [2.75, 3.05) is 6.61 Å². The molecule has 1 heterocycles. The van der Waals surface area contributed by atoms with Gasteiger partial charge in [-0.25, -0.2) is 0 Å². The molecule has 0 aromatic heterocycles. The SMILES string of the molecule is CCC1CO[C@H](CC)C1.